The van der Waals surface area contributed by atoms with Crippen LogP contribution < -0.4 is 5.73 Å². The van der Waals surface area contributed by atoms with Gasteiger partial charge < -0.3 is 10.8 Å². The first-order valence-electron chi connectivity index (χ1n) is 4.97. The summed E-state index contributed by atoms with van der Waals surface area (Å²) in [6, 6.07) is 13.1. The zero-order valence-corrected chi connectivity index (χ0v) is 10.2. The first-order valence-corrected chi connectivity index (χ1v) is 5.76. The van der Waals surface area contributed by atoms with E-state index in [-0.39, 0.29) is 5.75 Å². The Morgan fingerprint density at radius 2 is 1.94 bits per heavy atom. The Kier molecular flexibility index (Phi) is 3.15. The van der Waals surface area contributed by atoms with E-state index in [4.69, 9.17) is 5.73 Å². The van der Waals surface area contributed by atoms with Gasteiger partial charge in [0.2, 0.25) is 0 Å². The molecule has 0 bridgehead atoms. The van der Waals surface area contributed by atoms with E-state index < -0.39 is 0 Å². The van der Waals surface area contributed by atoms with Crippen molar-refractivity contribution in [3.8, 4) is 5.75 Å². The molecule has 0 amide bonds. The highest BCUT2D eigenvalue weighted by atomic mass is 79.9. The van der Waals surface area contributed by atoms with Crippen molar-refractivity contribution in [2.75, 3.05) is 5.73 Å². The summed E-state index contributed by atoms with van der Waals surface area (Å²) >= 11 is 3.37. The van der Waals surface area contributed by atoms with Crippen molar-refractivity contribution in [3.05, 3.63) is 58.1 Å². The molecule has 0 saturated carbocycles. The van der Waals surface area contributed by atoms with Crippen LogP contribution in [0, 0.1) is 0 Å². The van der Waals surface area contributed by atoms with Crippen molar-refractivity contribution in [2.45, 2.75) is 6.42 Å². The zero-order chi connectivity index (χ0) is 11.5. The number of benzene rings is 2. The molecule has 16 heavy (non-hydrogen) atoms. The van der Waals surface area contributed by atoms with Crippen molar-refractivity contribution in [1.82, 2.24) is 0 Å². The predicted octanol–water partition coefficient (Wildman–Crippen LogP) is 3.33. The lowest BCUT2D eigenvalue weighted by Crippen LogP contribution is -1.95. The molecule has 0 aliphatic carbocycles. The van der Waals surface area contributed by atoms with E-state index in [0.717, 1.165) is 27.7 Å². The van der Waals surface area contributed by atoms with E-state index in [9.17, 15) is 5.11 Å². The van der Waals surface area contributed by atoms with E-state index in [1.807, 2.05) is 30.3 Å². The Morgan fingerprint density at radius 3 is 2.62 bits per heavy atom. The van der Waals surface area contributed by atoms with Gasteiger partial charge in [-0.3, -0.25) is 0 Å². The van der Waals surface area contributed by atoms with Gasteiger partial charge >= 0.3 is 0 Å². The molecular weight excluding hydrogens is 266 g/mol. The Bertz CT molecular complexity index is 511. The Morgan fingerprint density at radius 1 is 1.12 bits per heavy atom. The van der Waals surface area contributed by atoms with Gasteiger partial charge in [-0.2, -0.15) is 0 Å². The van der Waals surface area contributed by atoms with Gasteiger partial charge in [0.25, 0.3) is 0 Å². The minimum Gasteiger partial charge on any atom is -0.508 e. The van der Waals surface area contributed by atoms with Crippen molar-refractivity contribution in [1.29, 1.82) is 0 Å². The van der Waals surface area contributed by atoms with Crippen LogP contribution in [0.15, 0.2) is 46.9 Å². The maximum atomic E-state index is 9.37. The predicted molar refractivity (Wildman–Crippen MR) is 69.5 cm³/mol. The fourth-order valence-corrected chi connectivity index (χ4v) is 1.99. The Labute approximate surface area is 103 Å². The molecule has 0 atom stereocenters. The number of nitrogens with two attached hydrogens (primary N) is 1. The molecule has 0 heterocycles. The summed E-state index contributed by atoms with van der Waals surface area (Å²) in [6.07, 6.45) is 0.730. The molecule has 0 unspecified atom stereocenters. The van der Waals surface area contributed by atoms with Crippen molar-refractivity contribution >= 4 is 21.6 Å². The summed E-state index contributed by atoms with van der Waals surface area (Å²) in [4.78, 5) is 0. The van der Waals surface area contributed by atoms with Gasteiger partial charge in [0.1, 0.15) is 5.75 Å². The average molecular weight is 278 g/mol. The summed E-state index contributed by atoms with van der Waals surface area (Å²) in [7, 11) is 0. The zero-order valence-electron chi connectivity index (χ0n) is 8.65. The molecule has 2 aromatic rings. The summed E-state index contributed by atoms with van der Waals surface area (Å²) in [5.41, 5.74) is 8.79. The van der Waals surface area contributed by atoms with Crippen LogP contribution >= 0.6 is 15.9 Å². The maximum absolute atomic E-state index is 9.37. The molecule has 0 saturated heterocycles. The van der Waals surface area contributed by atoms with E-state index in [1.165, 1.54) is 0 Å². The molecule has 3 N–H and O–H groups in total. The van der Waals surface area contributed by atoms with Crippen molar-refractivity contribution < 1.29 is 5.11 Å². The molecule has 0 aliphatic rings. The summed E-state index contributed by atoms with van der Waals surface area (Å²) < 4.78 is 0.977. The van der Waals surface area contributed by atoms with Crippen LogP contribution in [-0.2, 0) is 6.42 Å². The number of phenolic OH excluding ortho intramolecular Hbond substituents is 1. The lowest BCUT2D eigenvalue weighted by atomic mass is 10.0. The van der Waals surface area contributed by atoms with Crippen LogP contribution in [0.25, 0.3) is 0 Å². The summed E-state index contributed by atoms with van der Waals surface area (Å²) in [6.45, 7) is 0. The van der Waals surface area contributed by atoms with Crippen LogP contribution in [0.3, 0.4) is 0 Å². The molecule has 0 aliphatic heterocycles. The number of halogens is 1. The first-order chi connectivity index (χ1) is 7.65. The minimum atomic E-state index is 0.285. The van der Waals surface area contributed by atoms with Crippen LogP contribution in [0.5, 0.6) is 5.75 Å². The maximum Gasteiger partial charge on any atom is 0.115 e. The monoisotopic (exact) mass is 277 g/mol. The second-order valence-electron chi connectivity index (χ2n) is 3.69. The van der Waals surface area contributed by atoms with E-state index in [0.29, 0.717) is 0 Å². The second kappa shape index (κ2) is 4.58. The first kappa shape index (κ1) is 11.0. The van der Waals surface area contributed by atoms with Gasteiger partial charge in [-0.1, -0.05) is 34.1 Å². The average Bonchev–Trinajstić information content (AvgIpc) is 2.22. The highest BCUT2D eigenvalue weighted by molar-refractivity contribution is 9.10. The lowest BCUT2D eigenvalue weighted by molar-refractivity contribution is 0.474. The van der Waals surface area contributed by atoms with Gasteiger partial charge in [-0.15, -0.1) is 0 Å². The highest BCUT2D eigenvalue weighted by Crippen LogP contribution is 2.22. The molecule has 0 radical (unpaired) electrons. The van der Waals surface area contributed by atoms with Gasteiger partial charge in [-0.25, -0.2) is 0 Å². The quantitative estimate of drug-likeness (QED) is 0.828. The second-order valence-corrected chi connectivity index (χ2v) is 4.61. The Hall–Kier alpha value is -1.48. The van der Waals surface area contributed by atoms with Crippen molar-refractivity contribution in [3.63, 3.8) is 0 Å². The molecule has 0 aromatic heterocycles. The molecule has 82 valence electrons. The third-order valence-electron chi connectivity index (χ3n) is 2.41. The molecule has 2 nitrogen and oxygen atoms in total. The number of rotatable bonds is 2. The van der Waals surface area contributed by atoms with Gasteiger partial charge in [-0.05, 0) is 41.8 Å². The van der Waals surface area contributed by atoms with E-state index in [2.05, 4.69) is 15.9 Å². The number of hydrogen-bond acceptors (Lipinski definition) is 2. The molecule has 0 fully saturated rings. The van der Waals surface area contributed by atoms with Gasteiger partial charge in [0.05, 0.1) is 0 Å². The number of hydrogen-bond donors (Lipinski definition) is 2. The lowest BCUT2D eigenvalue weighted by Gasteiger charge is -2.06. The smallest absolute Gasteiger partial charge is 0.115 e. The highest BCUT2D eigenvalue weighted by Gasteiger charge is 2.02. The third kappa shape index (κ3) is 2.55. The topological polar surface area (TPSA) is 46.2 Å². The van der Waals surface area contributed by atoms with Crippen LogP contribution in [0.2, 0.25) is 0 Å². The SMILES string of the molecule is Nc1cc(Br)ccc1Cc1cccc(O)c1. The standard InChI is InChI=1S/C13H12BrNO/c14-11-5-4-10(13(15)8-11)6-9-2-1-3-12(16)7-9/h1-5,7-8,16H,6,15H2. The third-order valence-corrected chi connectivity index (χ3v) is 2.91. The molecule has 2 aromatic carbocycles. The van der Waals surface area contributed by atoms with Crippen LogP contribution in [-0.4, -0.2) is 5.11 Å². The van der Waals surface area contributed by atoms with Crippen molar-refractivity contribution in [2.24, 2.45) is 0 Å². The summed E-state index contributed by atoms with van der Waals surface area (Å²) in [5, 5.41) is 9.37. The number of aromatic hydroxyl groups is 1. The van der Waals surface area contributed by atoms with Gasteiger partial charge in [0.15, 0.2) is 0 Å². The summed E-state index contributed by atoms with van der Waals surface area (Å²) in [5.74, 6) is 0.285. The number of nitrogen functional groups attached to an aromatic ring is 1. The van der Waals surface area contributed by atoms with Gasteiger partial charge in [0, 0.05) is 10.2 Å². The van der Waals surface area contributed by atoms with E-state index >= 15 is 0 Å². The molecule has 3 heteroatoms. The molecule has 2 rings (SSSR count). The molecular formula is C13H12BrNO. The Balaban J connectivity index is 2.27. The number of phenols is 1. The largest absolute Gasteiger partial charge is 0.508 e. The van der Waals surface area contributed by atoms with E-state index in [1.54, 1.807) is 12.1 Å². The fourth-order valence-electron chi connectivity index (χ4n) is 1.61. The van der Waals surface area contributed by atoms with Crippen LogP contribution in [0.1, 0.15) is 11.1 Å². The normalized spacial score (nSPS) is 10.3. The number of anilines is 1. The fraction of sp³-hybridized carbons (Fsp3) is 0.0769. The minimum absolute atomic E-state index is 0.285. The van der Waals surface area contributed by atoms with Crippen LogP contribution in [0.4, 0.5) is 5.69 Å². The molecule has 0 spiro atoms.